The molecule has 2 rings (SSSR count). The first kappa shape index (κ1) is 8.48. The molecule has 70 valence electrons. The Morgan fingerprint density at radius 2 is 1.58 bits per heavy atom. The van der Waals surface area contributed by atoms with Gasteiger partial charge in [-0.05, 0) is 13.8 Å². The van der Waals surface area contributed by atoms with Crippen molar-refractivity contribution in [2.24, 2.45) is 0 Å². The molecule has 2 atom stereocenters. The normalized spacial score (nSPS) is 37.2. The van der Waals surface area contributed by atoms with Crippen LogP contribution in [0.15, 0.2) is 0 Å². The monoisotopic (exact) mass is 171 g/mol. The molecule has 0 aromatic rings. The summed E-state index contributed by atoms with van der Waals surface area (Å²) in [4.78, 5) is 2.42. The Morgan fingerprint density at radius 1 is 1.08 bits per heavy atom. The van der Waals surface area contributed by atoms with Crippen molar-refractivity contribution < 1.29 is 9.47 Å². The first-order chi connectivity index (χ1) is 5.77. The van der Waals surface area contributed by atoms with E-state index in [0.29, 0.717) is 18.2 Å². The molecule has 12 heavy (non-hydrogen) atoms. The van der Waals surface area contributed by atoms with E-state index in [9.17, 15) is 0 Å². The summed E-state index contributed by atoms with van der Waals surface area (Å²) in [5.74, 6) is 0. The lowest BCUT2D eigenvalue weighted by Gasteiger charge is -2.24. The summed E-state index contributed by atoms with van der Waals surface area (Å²) in [6, 6.07) is 0.614. The second-order valence-electron chi connectivity index (χ2n) is 3.87. The lowest BCUT2D eigenvalue weighted by Crippen LogP contribution is -2.36. The highest BCUT2D eigenvalue weighted by molar-refractivity contribution is 4.88. The molecule has 0 saturated carbocycles. The van der Waals surface area contributed by atoms with E-state index in [2.05, 4.69) is 18.7 Å². The van der Waals surface area contributed by atoms with Gasteiger partial charge in [-0.3, -0.25) is 4.90 Å². The maximum absolute atomic E-state index is 5.62. The largest absolute Gasteiger partial charge is 0.372 e. The summed E-state index contributed by atoms with van der Waals surface area (Å²) < 4.78 is 11.2. The van der Waals surface area contributed by atoms with Crippen LogP contribution in [0.3, 0.4) is 0 Å². The molecule has 0 aromatic heterocycles. The highest BCUT2D eigenvalue weighted by Gasteiger charge is 2.37. The van der Waals surface area contributed by atoms with Crippen LogP contribution < -0.4 is 0 Å². The molecule has 3 heteroatoms. The molecule has 2 unspecified atom stereocenters. The standard InChI is InChI=1S/C9H17NO2/c1-7(2)10-5-8-9(6-10)12-4-3-11-8/h7-9H,3-6H2,1-2H3. The number of rotatable bonds is 1. The fourth-order valence-corrected chi connectivity index (χ4v) is 1.91. The summed E-state index contributed by atoms with van der Waals surface area (Å²) in [5.41, 5.74) is 0. The van der Waals surface area contributed by atoms with E-state index in [0.717, 1.165) is 26.3 Å². The van der Waals surface area contributed by atoms with Gasteiger partial charge in [-0.1, -0.05) is 0 Å². The Kier molecular flexibility index (Phi) is 2.35. The van der Waals surface area contributed by atoms with Gasteiger partial charge in [0.05, 0.1) is 25.4 Å². The van der Waals surface area contributed by atoms with Crippen molar-refractivity contribution in [2.75, 3.05) is 26.3 Å². The highest BCUT2D eigenvalue weighted by Crippen LogP contribution is 2.21. The van der Waals surface area contributed by atoms with E-state index in [-0.39, 0.29) is 0 Å². The molecular formula is C9H17NO2. The van der Waals surface area contributed by atoms with E-state index in [1.54, 1.807) is 0 Å². The third-order valence-electron chi connectivity index (χ3n) is 2.72. The summed E-state index contributed by atoms with van der Waals surface area (Å²) in [6.45, 7) is 8.07. The average Bonchev–Trinajstić information content (AvgIpc) is 2.46. The maximum Gasteiger partial charge on any atom is 0.0977 e. The van der Waals surface area contributed by atoms with Crippen LogP contribution in [-0.2, 0) is 9.47 Å². The molecule has 0 aromatic carbocycles. The average molecular weight is 171 g/mol. The van der Waals surface area contributed by atoms with Gasteiger partial charge < -0.3 is 9.47 Å². The predicted octanol–water partition coefficient (Wildman–Crippen LogP) is 0.494. The van der Waals surface area contributed by atoms with E-state index in [4.69, 9.17) is 9.47 Å². The van der Waals surface area contributed by atoms with Crippen LogP contribution in [0, 0.1) is 0 Å². The molecule has 2 heterocycles. The van der Waals surface area contributed by atoms with Crippen molar-refractivity contribution in [3.8, 4) is 0 Å². The quantitative estimate of drug-likeness (QED) is 0.573. The zero-order valence-corrected chi connectivity index (χ0v) is 7.82. The number of likely N-dealkylation sites (tertiary alicyclic amines) is 1. The SMILES string of the molecule is CC(C)N1CC2OCCOC2C1. The van der Waals surface area contributed by atoms with Crippen molar-refractivity contribution in [1.82, 2.24) is 4.90 Å². The minimum atomic E-state index is 0.334. The molecule has 2 aliphatic rings. The highest BCUT2D eigenvalue weighted by atomic mass is 16.6. The Bertz CT molecular complexity index is 147. The predicted molar refractivity (Wildman–Crippen MR) is 46.2 cm³/mol. The van der Waals surface area contributed by atoms with Crippen molar-refractivity contribution in [1.29, 1.82) is 0 Å². The Hall–Kier alpha value is -0.120. The maximum atomic E-state index is 5.62. The topological polar surface area (TPSA) is 21.7 Å². The molecule has 0 amide bonds. The first-order valence-corrected chi connectivity index (χ1v) is 4.74. The summed E-state index contributed by atoms with van der Waals surface area (Å²) >= 11 is 0. The van der Waals surface area contributed by atoms with Crippen LogP contribution in [0.5, 0.6) is 0 Å². The molecule has 3 nitrogen and oxygen atoms in total. The first-order valence-electron chi connectivity index (χ1n) is 4.74. The molecule has 2 saturated heterocycles. The fraction of sp³-hybridized carbons (Fsp3) is 1.00. The molecule has 0 aliphatic carbocycles. The van der Waals surface area contributed by atoms with E-state index in [1.807, 2.05) is 0 Å². The molecule has 0 bridgehead atoms. The second-order valence-corrected chi connectivity index (χ2v) is 3.87. The smallest absolute Gasteiger partial charge is 0.0977 e. The lowest BCUT2D eigenvalue weighted by atomic mass is 10.2. The van der Waals surface area contributed by atoms with E-state index in [1.165, 1.54) is 0 Å². The molecule has 2 aliphatic heterocycles. The summed E-state index contributed by atoms with van der Waals surface area (Å²) in [5, 5.41) is 0. The van der Waals surface area contributed by atoms with Crippen molar-refractivity contribution >= 4 is 0 Å². The lowest BCUT2D eigenvalue weighted by molar-refractivity contribution is -0.116. The van der Waals surface area contributed by atoms with Crippen LogP contribution >= 0.6 is 0 Å². The Balaban J connectivity index is 1.94. The molecule has 0 N–H and O–H groups in total. The number of hydrogen-bond acceptors (Lipinski definition) is 3. The molecule has 2 fully saturated rings. The zero-order valence-electron chi connectivity index (χ0n) is 7.82. The fourth-order valence-electron chi connectivity index (χ4n) is 1.91. The van der Waals surface area contributed by atoms with Gasteiger partial charge in [-0.15, -0.1) is 0 Å². The van der Waals surface area contributed by atoms with Crippen molar-refractivity contribution in [3.05, 3.63) is 0 Å². The third-order valence-corrected chi connectivity index (χ3v) is 2.72. The molecular weight excluding hydrogens is 154 g/mol. The third kappa shape index (κ3) is 1.49. The van der Waals surface area contributed by atoms with Crippen LogP contribution in [0.25, 0.3) is 0 Å². The summed E-state index contributed by atoms with van der Waals surface area (Å²) in [6.07, 6.45) is 0.669. The van der Waals surface area contributed by atoms with Gasteiger partial charge in [0.25, 0.3) is 0 Å². The van der Waals surface area contributed by atoms with Gasteiger partial charge in [0.15, 0.2) is 0 Å². The zero-order chi connectivity index (χ0) is 8.55. The summed E-state index contributed by atoms with van der Waals surface area (Å²) in [7, 11) is 0. The van der Waals surface area contributed by atoms with Gasteiger partial charge in [0.2, 0.25) is 0 Å². The second kappa shape index (κ2) is 3.32. The minimum Gasteiger partial charge on any atom is -0.372 e. The van der Waals surface area contributed by atoms with Crippen molar-refractivity contribution in [3.63, 3.8) is 0 Å². The minimum absolute atomic E-state index is 0.334. The number of fused-ring (bicyclic) bond motifs is 1. The molecule has 0 radical (unpaired) electrons. The van der Waals surface area contributed by atoms with Gasteiger partial charge in [-0.25, -0.2) is 0 Å². The number of hydrogen-bond donors (Lipinski definition) is 0. The Morgan fingerprint density at radius 3 is 2.00 bits per heavy atom. The van der Waals surface area contributed by atoms with Gasteiger partial charge in [0.1, 0.15) is 0 Å². The van der Waals surface area contributed by atoms with Gasteiger partial charge in [0, 0.05) is 19.1 Å². The van der Waals surface area contributed by atoms with E-state index >= 15 is 0 Å². The van der Waals surface area contributed by atoms with Gasteiger partial charge in [-0.2, -0.15) is 0 Å². The van der Waals surface area contributed by atoms with Crippen LogP contribution in [-0.4, -0.2) is 49.5 Å². The Labute approximate surface area is 73.6 Å². The van der Waals surface area contributed by atoms with E-state index < -0.39 is 0 Å². The number of ether oxygens (including phenoxy) is 2. The van der Waals surface area contributed by atoms with Crippen molar-refractivity contribution in [2.45, 2.75) is 32.1 Å². The van der Waals surface area contributed by atoms with Crippen LogP contribution in [0.2, 0.25) is 0 Å². The number of nitrogens with zero attached hydrogens (tertiary/aromatic N) is 1. The van der Waals surface area contributed by atoms with Crippen LogP contribution in [0.1, 0.15) is 13.8 Å². The molecule has 0 spiro atoms. The van der Waals surface area contributed by atoms with Crippen LogP contribution in [0.4, 0.5) is 0 Å². The van der Waals surface area contributed by atoms with Gasteiger partial charge >= 0.3 is 0 Å².